The summed E-state index contributed by atoms with van der Waals surface area (Å²) < 4.78 is 6.07. The summed E-state index contributed by atoms with van der Waals surface area (Å²) >= 11 is 1.97. The molecule has 0 aromatic carbocycles. The lowest BCUT2D eigenvalue weighted by atomic mass is 9.84. The Morgan fingerprint density at radius 2 is 1.83 bits per heavy atom. The van der Waals surface area contributed by atoms with Crippen LogP contribution in [0.1, 0.15) is 59.8 Å². The number of rotatable bonds is 4. The first-order chi connectivity index (χ1) is 8.30. The zero-order valence-corrected chi connectivity index (χ0v) is 13.1. The van der Waals surface area contributed by atoms with Crippen LogP contribution in [-0.4, -0.2) is 33.4 Å². The van der Waals surface area contributed by atoms with Crippen LogP contribution in [0, 0.1) is 5.92 Å². The van der Waals surface area contributed by atoms with E-state index >= 15 is 0 Å². The van der Waals surface area contributed by atoms with Gasteiger partial charge in [-0.3, -0.25) is 0 Å². The second-order valence-corrected chi connectivity index (χ2v) is 8.42. The van der Waals surface area contributed by atoms with Crippen molar-refractivity contribution in [3.63, 3.8) is 0 Å². The van der Waals surface area contributed by atoms with Crippen molar-refractivity contribution in [2.24, 2.45) is 5.92 Å². The zero-order chi connectivity index (χ0) is 13.4. The van der Waals surface area contributed by atoms with E-state index in [1.54, 1.807) is 0 Å². The Morgan fingerprint density at radius 1 is 1.22 bits per heavy atom. The van der Waals surface area contributed by atoms with Gasteiger partial charge < -0.3 is 9.84 Å². The van der Waals surface area contributed by atoms with Gasteiger partial charge in [0.05, 0.1) is 17.3 Å². The third-order valence-electron chi connectivity index (χ3n) is 4.41. The molecule has 2 unspecified atom stereocenters. The molecule has 2 rings (SSSR count). The average Bonchev–Trinajstić information content (AvgIpc) is 2.80. The molecule has 1 saturated heterocycles. The van der Waals surface area contributed by atoms with Gasteiger partial charge in [-0.25, -0.2) is 0 Å². The summed E-state index contributed by atoms with van der Waals surface area (Å²) in [7, 11) is 0. The number of ether oxygens (including phenoxy) is 1. The summed E-state index contributed by atoms with van der Waals surface area (Å²) in [6.45, 7) is 8.50. The van der Waals surface area contributed by atoms with Gasteiger partial charge in [0.15, 0.2) is 0 Å². The zero-order valence-electron chi connectivity index (χ0n) is 12.2. The van der Waals surface area contributed by atoms with Crippen LogP contribution in [0.3, 0.4) is 0 Å². The lowest BCUT2D eigenvalue weighted by molar-refractivity contribution is -0.0853. The van der Waals surface area contributed by atoms with Crippen molar-refractivity contribution in [3.8, 4) is 0 Å². The minimum atomic E-state index is -0.229. The lowest BCUT2D eigenvalue weighted by Gasteiger charge is -2.30. The maximum Gasteiger partial charge on any atom is 0.0687 e. The molecule has 2 nitrogen and oxygen atoms in total. The van der Waals surface area contributed by atoms with Gasteiger partial charge in [-0.1, -0.05) is 12.8 Å². The summed E-state index contributed by atoms with van der Waals surface area (Å²) in [5.41, 5.74) is -0.285. The van der Waals surface area contributed by atoms with Gasteiger partial charge in [-0.2, -0.15) is 11.8 Å². The molecular formula is C15H28O2S. The standard InChI is InChI=1S/C15H28O2S/c1-14(2)9-12(15(3,4)17-14)13(16)10-18-11-7-5-6-8-11/h11-13,16H,5-10H2,1-4H3. The topological polar surface area (TPSA) is 29.5 Å². The molecule has 18 heavy (non-hydrogen) atoms. The highest BCUT2D eigenvalue weighted by molar-refractivity contribution is 7.99. The van der Waals surface area contributed by atoms with E-state index in [-0.39, 0.29) is 23.2 Å². The second kappa shape index (κ2) is 5.34. The molecule has 1 N–H and O–H groups in total. The fourth-order valence-electron chi connectivity index (χ4n) is 3.61. The molecule has 0 aromatic heterocycles. The Morgan fingerprint density at radius 3 is 2.33 bits per heavy atom. The summed E-state index contributed by atoms with van der Waals surface area (Å²) in [6, 6.07) is 0. The van der Waals surface area contributed by atoms with Crippen LogP contribution < -0.4 is 0 Å². The van der Waals surface area contributed by atoms with Crippen LogP contribution in [-0.2, 0) is 4.74 Å². The Balaban J connectivity index is 1.86. The maximum absolute atomic E-state index is 10.5. The Bertz CT molecular complexity index is 282. The maximum atomic E-state index is 10.5. The summed E-state index contributed by atoms with van der Waals surface area (Å²) in [5, 5.41) is 11.3. The molecule has 2 atom stereocenters. The predicted octanol–water partition coefficient (Wildman–Crippen LogP) is 3.62. The molecule has 2 fully saturated rings. The highest BCUT2D eigenvalue weighted by atomic mass is 32.2. The highest BCUT2D eigenvalue weighted by Gasteiger charge is 2.48. The molecule has 3 heteroatoms. The van der Waals surface area contributed by atoms with Gasteiger partial charge in [0.25, 0.3) is 0 Å². The summed E-state index contributed by atoms with van der Waals surface area (Å²) in [4.78, 5) is 0. The molecule has 106 valence electrons. The number of aliphatic hydroxyl groups excluding tert-OH is 1. The molecule has 0 amide bonds. The molecule has 1 saturated carbocycles. The molecule has 2 aliphatic rings. The highest BCUT2D eigenvalue weighted by Crippen LogP contribution is 2.44. The first-order valence-corrected chi connectivity index (χ1v) is 8.35. The molecule has 0 bridgehead atoms. The van der Waals surface area contributed by atoms with E-state index in [1.165, 1.54) is 25.7 Å². The Kier molecular flexibility index (Phi) is 4.35. The Labute approximate surface area is 116 Å². The molecular weight excluding hydrogens is 244 g/mol. The quantitative estimate of drug-likeness (QED) is 0.847. The number of aliphatic hydroxyl groups is 1. The largest absolute Gasteiger partial charge is 0.392 e. The van der Waals surface area contributed by atoms with Crippen molar-refractivity contribution in [2.75, 3.05) is 5.75 Å². The van der Waals surface area contributed by atoms with E-state index in [0.717, 1.165) is 17.4 Å². The number of hydrogen-bond acceptors (Lipinski definition) is 3. The van der Waals surface area contributed by atoms with E-state index in [2.05, 4.69) is 27.7 Å². The van der Waals surface area contributed by atoms with Crippen LogP contribution >= 0.6 is 11.8 Å². The van der Waals surface area contributed by atoms with Crippen molar-refractivity contribution >= 4 is 11.8 Å². The molecule has 0 spiro atoms. The first kappa shape index (κ1) is 14.7. The van der Waals surface area contributed by atoms with Crippen molar-refractivity contribution in [3.05, 3.63) is 0 Å². The molecule has 1 heterocycles. The minimum Gasteiger partial charge on any atom is -0.392 e. The smallest absolute Gasteiger partial charge is 0.0687 e. The second-order valence-electron chi connectivity index (χ2n) is 7.08. The van der Waals surface area contributed by atoms with Crippen molar-refractivity contribution < 1.29 is 9.84 Å². The monoisotopic (exact) mass is 272 g/mol. The molecule has 0 radical (unpaired) electrons. The van der Waals surface area contributed by atoms with Crippen LogP contribution in [0.25, 0.3) is 0 Å². The Hall–Kier alpha value is 0.270. The third-order valence-corrected chi connectivity index (χ3v) is 5.89. The first-order valence-electron chi connectivity index (χ1n) is 7.30. The van der Waals surface area contributed by atoms with E-state index in [1.807, 2.05) is 11.8 Å². The molecule has 1 aliphatic heterocycles. The normalized spacial score (nSPS) is 32.8. The number of hydrogen-bond donors (Lipinski definition) is 1. The summed E-state index contributed by atoms with van der Waals surface area (Å²) in [5.74, 6) is 1.14. The van der Waals surface area contributed by atoms with Crippen LogP contribution in [0.4, 0.5) is 0 Å². The van der Waals surface area contributed by atoms with Crippen LogP contribution in [0.5, 0.6) is 0 Å². The van der Waals surface area contributed by atoms with Gasteiger partial charge in [0, 0.05) is 16.9 Å². The van der Waals surface area contributed by atoms with Crippen molar-refractivity contribution in [1.29, 1.82) is 0 Å². The van der Waals surface area contributed by atoms with Gasteiger partial charge in [-0.15, -0.1) is 0 Å². The van der Waals surface area contributed by atoms with Gasteiger partial charge in [0.1, 0.15) is 0 Å². The molecule has 0 aromatic rings. The average molecular weight is 272 g/mol. The van der Waals surface area contributed by atoms with Gasteiger partial charge in [0.2, 0.25) is 0 Å². The number of thioether (sulfide) groups is 1. The fourth-order valence-corrected chi connectivity index (χ4v) is 4.98. The van der Waals surface area contributed by atoms with E-state index in [9.17, 15) is 5.11 Å². The lowest BCUT2D eigenvalue weighted by Crippen LogP contribution is -2.37. The van der Waals surface area contributed by atoms with E-state index in [0.29, 0.717) is 0 Å². The van der Waals surface area contributed by atoms with E-state index < -0.39 is 0 Å². The van der Waals surface area contributed by atoms with E-state index in [4.69, 9.17) is 4.74 Å². The van der Waals surface area contributed by atoms with Gasteiger partial charge in [-0.05, 0) is 47.0 Å². The molecule has 1 aliphatic carbocycles. The fraction of sp³-hybridized carbons (Fsp3) is 1.00. The third kappa shape index (κ3) is 3.43. The predicted molar refractivity (Wildman–Crippen MR) is 78.1 cm³/mol. The van der Waals surface area contributed by atoms with Gasteiger partial charge >= 0.3 is 0 Å². The SMILES string of the molecule is CC1(C)CC(C(O)CSC2CCCC2)C(C)(C)O1. The van der Waals surface area contributed by atoms with Crippen LogP contribution in [0.2, 0.25) is 0 Å². The van der Waals surface area contributed by atoms with Crippen molar-refractivity contribution in [2.45, 2.75) is 82.4 Å². The minimum absolute atomic E-state index is 0.0901. The summed E-state index contributed by atoms with van der Waals surface area (Å²) in [6.07, 6.45) is 6.16. The van der Waals surface area contributed by atoms with Crippen molar-refractivity contribution in [1.82, 2.24) is 0 Å². The van der Waals surface area contributed by atoms with Crippen LogP contribution in [0.15, 0.2) is 0 Å².